The van der Waals surface area contributed by atoms with E-state index in [-0.39, 0.29) is 0 Å². The second-order valence-electron chi connectivity index (χ2n) is 3.99. The standard InChI is InChI=1S/C13H24O2/c1-3-5-6-7-8-9-11-12(10-4-2)13(14)15/h11H,3-10H2,1-2H3,(H,14,15)/b12-11+. The minimum absolute atomic E-state index is 0.591. The van der Waals surface area contributed by atoms with E-state index in [1.54, 1.807) is 0 Å². The normalized spacial score (nSPS) is 11.7. The molecule has 0 saturated heterocycles. The molecular formula is C13H24O2. The average molecular weight is 212 g/mol. The van der Waals surface area contributed by atoms with Gasteiger partial charge in [0.2, 0.25) is 0 Å². The summed E-state index contributed by atoms with van der Waals surface area (Å²) in [5.74, 6) is -0.745. The number of carboxylic acid groups (broad SMARTS) is 1. The van der Waals surface area contributed by atoms with Crippen LogP contribution in [0.3, 0.4) is 0 Å². The van der Waals surface area contributed by atoms with Crippen LogP contribution in [0.2, 0.25) is 0 Å². The van der Waals surface area contributed by atoms with Crippen molar-refractivity contribution in [3.63, 3.8) is 0 Å². The van der Waals surface area contributed by atoms with Crippen LogP contribution < -0.4 is 0 Å². The first-order valence-electron chi connectivity index (χ1n) is 6.14. The van der Waals surface area contributed by atoms with E-state index >= 15 is 0 Å². The Kier molecular flexibility index (Phi) is 9.24. The van der Waals surface area contributed by atoms with Gasteiger partial charge in [-0.2, -0.15) is 0 Å². The van der Waals surface area contributed by atoms with Gasteiger partial charge in [-0.15, -0.1) is 0 Å². The highest BCUT2D eigenvalue weighted by Gasteiger charge is 2.04. The maximum absolute atomic E-state index is 10.8. The van der Waals surface area contributed by atoms with Crippen molar-refractivity contribution in [2.45, 2.75) is 65.2 Å². The van der Waals surface area contributed by atoms with Gasteiger partial charge < -0.3 is 5.11 Å². The highest BCUT2D eigenvalue weighted by Crippen LogP contribution is 2.10. The van der Waals surface area contributed by atoms with Gasteiger partial charge in [-0.05, 0) is 19.3 Å². The molecule has 0 atom stereocenters. The second-order valence-corrected chi connectivity index (χ2v) is 3.99. The van der Waals surface area contributed by atoms with Crippen LogP contribution in [0.1, 0.15) is 65.2 Å². The summed E-state index contributed by atoms with van der Waals surface area (Å²) in [5, 5.41) is 8.88. The van der Waals surface area contributed by atoms with Gasteiger partial charge in [-0.3, -0.25) is 0 Å². The quantitative estimate of drug-likeness (QED) is 0.460. The van der Waals surface area contributed by atoms with Crippen molar-refractivity contribution in [2.24, 2.45) is 0 Å². The van der Waals surface area contributed by atoms with Gasteiger partial charge in [0.1, 0.15) is 0 Å². The Hall–Kier alpha value is -0.790. The second kappa shape index (κ2) is 9.75. The first-order valence-corrected chi connectivity index (χ1v) is 6.14. The maximum atomic E-state index is 10.8. The number of carbonyl (C=O) groups is 1. The number of allylic oxidation sites excluding steroid dienone is 1. The molecule has 0 aromatic heterocycles. The van der Waals surface area contributed by atoms with Gasteiger partial charge >= 0.3 is 5.97 Å². The molecule has 0 aliphatic carbocycles. The zero-order valence-electron chi connectivity index (χ0n) is 10.1. The van der Waals surface area contributed by atoms with Gasteiger partial charge in [0.15, 0.2) is 0 Å². The Balaban J connectivity index is 3.65. The fourth-order valence-corrected chi connectivity index (χ4v) is 1.59. The van der Waals surface area contributed by atoms with Crippen molar-refractivity contribution < 1.29 is 9.90 Å². The molecule has 0 heterocycles. The predicted octanol–water partition coefficient (Wildman–Crippen LogP) is 4.16. The third kappa shape index (κ3) is 8.22. The van der Waals surface area contributed by atoms with Gasteiger partial charge in [0.05, 0.1) is 0 Å². The van der Waals surface area contributed by atoms with E-state index in [0.717, 1.165) is 19.3 Å². The van der Waals surface area contributed by atoms with Crippen LogP contribution in [-0.2, 0) is 4.79 Å². The largest absolute Gasteiger partial charge is 0.478 e. The smallest absolute Gasteiger partial charge is 0.331 e. The molecule has 0 amide bonds. The molecule has 0 bridgehead atoms. The van der Waals surface area contributed by atoms with Crippen molar-refractivity contribution >= 4 is 5.97 Å². The molecule has 1 N–H and O–H groups in total. The van der Waals surface area contributed by atoms with Gasteiger partial charge in [0, 0.05) is 5.57 Å². The Morgan fingerprint density at radius 1 is 1.07 bits per heavy atom. The number of rotatable bonds is 9. The molecule has 2 nitrogen and oxygen atoms in total. The van der Waals surface area contributed by atoms with Crippen LogP contribution >= 0.6 is 0 Å². The SMILES string of the molecule is CCCCCCC/C=C(\CCC)C(=O)O. The van der Waals surface area contributed by atoms with Crippen LogP contribution in [0.15, 0.2) is 11.6 Å². The summed E-state index contributed by atoms with van der Waals surface area (Å²) in [6.45, 7) is 4.21. The molecular weight excluding hydrogens is 188 g/mol. The van der Waals surface area contributed by atoms with E-state index in [9.17, 15) is 4.79 Å². The lowest BCUT2D eigenvalue weighted by Gasteiger charge is -2.00. The van der Waals surface area contributed by atoms with Crippen molar-refractivity contribution in [3.05, 3.63) is 11.6 Å². The van der Waals surface area contributed by atoms with E-state index in [4.69, 9.17) is 5.11 Å². The van der Waals surface area contributed by atoms with Crippen molar-refractivity contribution in [1.82, 2.24) is 0 Å². The highest BCUT2D eigenvalue weighted by molar-refractivity contribution is 5.86. The van der Waals surface area contributed by atoms with Crippen molar-refractivity contribution in [2.75, 3.05) is 0 Å². The molecule has 0 rings (SSSR count). The fourth-order valence-electron chi connectivity index (χ4n) is 1.59. The lowest BCUT2D eigenvalue weighted by molar-refractivity contribution is -0.132. The first kappa shape index (κ1) is 14.2. The van der Waals surface area contributed by atoms with Crippen LogP contribution in [0, 0.1) is 0 Å². The van der Waals surface area contributed by atoms with E-state index in [2.05, 4.69) is 6.92 Å². The van der Waals surface area contributed by atoms with Crippen molar-refractivity contribution in [3.8, 4) is 0 Å². The zero-order chi connectivity index (χ0) is 11.5. The molecule has 0 spiro atoms. The van der Waals surface area contributed by atoms with E-state index in [1.807, 2.05) is 13.0 Å². The summed E-state index contributed by atoms with van der Waals surface area (Å²) >= 11 is 0. The van der Waals surface area contributed by atoms with E-state index in [0.29, 0.717) is 12.0 Å². The molecule has 0 unspecified atom stereocenters. The van der Waals surface area contributed by atoms with Crippen LogP contribution in [-0.4, -0.2) is 11.1 Å². The summed E-state index contributed by atoms with van der Waals surface area (Å²) in [7, 11) is 0. The lowest BCUT2D eigenvalue weighted by atomic mass is 10.1. The molecule has 15 heavy (non-hydrogen) atoms. The summed E-state index contributed by atoms with van der Waals surface area (Å²) < 4.78 is 0. The Labute approximate surface area is 93.4 Å². The number of hydrogen-bond acceptors (Lipinski definition) is 1. The zero-order valence-corrected chi connectivity index (χ0v) is 10.1. The number of aliphatic carboxylic acids is 1. The molecule has 0 fully saturated rings. The minimum atomic E-state index is -0.745. The van der Waals surface area contributed by atoms with Crippen LogP contribution in [0.25, 0.3) is 0 Å². The topological polar surface area (TPSA) is 37.3 Å². The average Bonchev–Trinajstić information content (AvgIpc) is 2.21. The molecule has 0 aliphatic rings. The summed E-state index contributed by atoms with van der Waals surface area (Å²) in [4.78, 5) is 10.8. The third-order valence-electron chi connectivity index (χ3n) is 2.49. The Bertz CT molecular complexity index is 195. The molecule has 88 valence electrons. The monoisotopic (exact) mass is 212 g/mol. The number of hydrogen-bond donors (Lipinski definition) is 1. The first-order chi connectivity index (χ1) is 7.22. The summed E-state index contributed by atoms with van der Waals surface area (Å²) in [6, 6.07) is 0. The van der Waals surface area contributed by atoms with Crippen molar-refractivity contribution in [1.29, 1.82) is 0 Å². The predicted molar refractivity (Wildman–Crippen MR) is 64.0 cm³/mol. The molecule has 0 aromatic carbocycles. The summed E-state index contributed by atoms with van der Waals surface area (Å²) in [6.07, 6.45) is 10.6. The van der Waals surface area contributed by atoms with Crippen LogP contribution in [0.5, 0.6) is 0 Å². The minimum Gasteiger partial charge on any atom is -0.478 e. The summed E-state index contributed by atoms with van der Waals surface area (Å²) in [5.41, 5.74) is 0.591. The van der Waals surface area contributed by atoms with Gasteiger partial charge in [-0.25, -0.2) is 4.79 Å². The van der Waals surface area contributed by atoms with Gasteiger partial charge in [0.25, 0.3) is 0 Å². The van der Waals surface area contributed by atoms with E-state index < -0.39 is 5.97 Å². The lowest BCUT2D eigenvalue weighted by Crippen LogP contribution is -2.00. The maximum Gasteiger partial charge on any atom is 0.331 e. The Morgan fingerprint density at radius 3 is 2.27 bits per heavy atom. The molecule has 0 saturated carbocycles. The third-order valence-corrected chi connectivity index (χ3v) is 2.49. The molecule has 0 aromatic rings. The number of unbranched alkanes of at least 4 members (excludes halogenated alkanes) is 5. The van der Waals surface area contributed by atoms with Gasteiger partial charge in [-0.1, -0.05) is 52.0 Å². The Morgan fingerprint density at radius 2 is 1.73 bits per heavy atom. The number of carboxylic acids is 1. The van der Waals surface area contributed by atoms with Crippen LogP contribution in [0.4, 0.5) is 0 Å². The molecule has 2 heteroatoms. The highest BCUT2D eigenvalue weighted by atomic mass is 16.4. The molecule has 0 radical (unpaired) electrons. The van der Waals surface area contributed by atoms with E-state index in [1.165, 1.54) is 25.7 Å². The fraction of sp³-hybridized carbons (Fsp3) is 0.769. The molecule has 0 aliphatic heterocycles.